The van der Waals surface area contributed by atoms with Crippen LogP contribution in [0.4, 0.5) is 5.69 Å². The number of benzene rings is 3. The number of hydrogen-bond acceptors (Lipinski definition) is 4. The molecule has 2 amide bonds. The molecule has 0 aliphatic heterocycles. The summed E-state index contributed by atoms with van der Waals surface area (Å²) in [6.45, 7) is -0.122. The molecule has 0 spiro atoms. The van der Waals surface area contributed by atoms with E-state index in [-0.39, 0.29) is 24.8 Å². The molecular formula is C22H22N2O4. The molecule has 3 rings (SSSR count). The van der Waals surface area contributed by atoms with Crippen LogP contribution in [-0.2, 0) is 16.0 Å². The van der Waals surface area contributed by atoms with E-state index in [0.717, 1.165) is 16.3 Å². The van der Waals surface area contributed by atoms with Crippen molar-refractivity contribution in [3.8, 4) is 11.5 Å². The molecule has 0 atom stereocenters. The first kappa shape index (κ1) is 19.2. The van der Waals surface area contributed by atoms with Gasteiger partial charge in [-0.05, 0) is 16.3 Å². The number of methoxy groups -OCH3 is 2. The first-order valence-electron chi connectivity index (χ1n) is 8.85. The van der Waals surface area contributed by atoms with Crippen molar-refractivity contribution >= 4 is 28.3 Å². The van der Waals surface area contributed by atoms with Crippen molar-refractivity contribution in [1.29, 1.82) is 0 Å². The molecule has 6 nitrogen and oxygen atoms in total. The Kier molecular flexibility index (Phi) is 6.11. The van der Waals surface area contributed by atoms with Gasteiger partial charge in [0.25, 0.3) is 0 Å². The second kappa shape index (κ2) is 8.90. The minimum Gasteiger partial charge on any atom is -0.497 e. The molecule has 0 bridgehead atoms. The lowest BCUT2D eigenvalue weighted by atomic mass is 10.0. The van der Waals surface area contributed by atoms with Gasteiger partial charge in [0.05, 0.1) is 27.2 Å². The van der Waals surface area contributed by atoms with Crippen LogP contribution in [0.1, 0.15) is 5.56 Å². The zero-order valence-electron chi connectivity index (χ0n) is 15.8. The maximum atomic E-state index is 12.3. The van der Waals surface area contributed by atoms with Crippen LogP contribution >= 0.6 is 0 Å². The molecule has 0 saturated carbocycles. The predicted molar refractivity (Wildman–Crippen MR) is 109 cm³/mol. The van der Waals surface area contributed by atoms with E-state index in [9.17, 15) is 9.59 Å². The molecule has 0 saturated heterocycles. The molecule has 0 heterocycles. The third-order valence-electron chi connectivity index (χ3n) is 4.31. The Balaban J connectivity index is 1.58. The Morgan fingerprint density at radius 1 is 0.857 bits per heavy atom. The number of fused-ring (bicyclic) bond motifs is 1. The fraction of sp³-hybridized carbons (Fsp3) is 0.182. The van der Waals surface area contributed by atoms with Gasteiger partial charge in [-0.15, -0.1) is 0 Å². The van der Waals surface area contributed by atoms with Crippen molar-refractivity contribution in [2.45, 2.75) is 6.42 Å². The van der Waals surface area contributed by atoms with E-state index in [4.69, 9.17) is 9.47 Å². The monoisotopic (exact) mass is 378 g/mol. The highest BCUT2D eigenvalue weighted by atomic mass is 16.5. The number of amides is 2. The number of carbonyl (C=O) groups excluding carboxylic acids is 2. The summed E-state index contributed by atoms with van der Waals surface area (Å²) in [5.74, 6) is 0.584. The Morgan fingerprint density at radius 2 is 1.54 bits per heavy atom. The second-order valence-electron chi connectivity index (χ2n) is 6.24. The van der Waals surface area contributed by atoms with E-state index in [1.165, 1.54) is 14.2 Å². The molecule has 0 aromatic heterocycles. The molecule has 0 radical (unpaired) electrons. The van der Waals surface area contributed by atoms with Gasteiger partial charge in [-0.2, -0.15) is 0 Å². The van der Waals surface area contributed by atoms with Crippen molar-refractivity contribution in [2.24, 2.45) is 0 Å². The molecule has 3 aromatic carbocycles. The van der Waals surface area contributed by atoms with E-state index in [0.29, 0.717) is 17.2 Å². The van der Waals surface area contributed by atoms with Crippen LogP contribution in [0.5, 0.6) is 11.5 Å². The zero-order valence-corrected chi connectivity index (χ0v) is 15.8. The lowest BCUT2D eigenvalue weighted by molar-refractivity contribution is -0.123. The fourth-order valence-electron chi connectivity index (χ4n) is 2.95. The maximum absolute atomic E-state index is 12.3. The van der Waals surface area contributed by atoms with Gasteiger partial charge in [-0.1, -0.05) is 42.5 Å². The number of nitrogens with one attached hydrogen (secondary N) is 2. The molecule has 2 N–H and O–H groups in total. The molecule has 144 valence electrons. The Morgan fingerprint density at radius 3 is 2.25 bits per heavy atom. The van der Waals surface area contributed by atoms with Crippen LogP contribution in [0, 0.1) is 0 Å². The molecule has 0 fully saturated rings. The van der Waals surface area contributed by atoms with Gasteiger partial charge in [0.1, 0.15) is 11.5 Å². The summed E-state index contributed by atoms with van der Waals surface area (Å²) in [6, 6.07) is 18.8. The first-order valence-corrected chi connectivity index (χ1v) is 8.85. The summed E-state index contributed by atoms with van der Waals surface area (Å²) in [5, 5.41) is 7.50. The van der Waals surface area contributed by atoms with Crippen molar-refractivity contribution in [3.63, 3.8) is 0 Å². The highest BCUT2D eigenvalue weighted by Crippen LogP contribution is 2.25. The quantitative estimate of drug-likeness (QED) is 0.662. The third kappa shape index (κ3) is 4.79. The largest absolute Gasteiger partial charge is 0.497 e. The third-order valence-corrected chi connectivity index (χ3v) is 4.31. The predicted octanol–water partition coefficient (Wildman–Crippen LogP) is 3.15. The number of anilines is 1. The van der Waals surface area contributed by atoms with E-state index in [2.05, 4.69) is 10.6 Å². The summed E-state index contributed by atoms with van der Waals surface area (Å²) in [7, 11) is 3.07. The van der Waals surface area contributed by atoms with Gasteiger partial charge < -0.3 is 20.1 Å². The summed E-state index contributed by atoms with van der Waals surface area (Å²) >= 11 is 0. The van der Waals surface area contributed by atoms with Gasteiger partial charge in [0, 0.05) is 23.9 Å². The van der Waals surface area contributed by atoms with Crippen LogP contribution in [0.15, 0.2) is 60.7 Å². The van der Waals surface area contributed by atoms with Crippen molar-refractivity contribution in [2.75, 3.05) is 26.1 Å². The minimum atomic E-state index is -0.332. The summed E-state index contributed by atoms with van der Waals surface area (Å²) in [5.41, 5.74) is 1.46. The molecule has 28 heavy (non-hydrogen) atoms. The van der Waals surface area contributed by atoms with Crippen molar-refractivity contribution in [3.05, 3.63) is 66.2 Å². The van der Waals surface area contributed by atoms with E-state index >= 15 is 0 Å². The topological polar surface area (TPSA) is 76.7 Å². The summed E-state index contributed by atoms with van der Waals surface area (Å²) < 4.78 is 10.4. The van der Waals surface area contributed by atoms with E-state index in [1.54, 1.807) is 18.2 Å². The molecule has 6 heteroatoms. The first-order chi connectivity index (χ1) is 13.6. The van der Waals surface area contributed by atoms with Crippen LogP contribution in [0.3, 0.4) is 0 Å². The van der Waals surface area contributed by atoms with Crippen LogP contribution in [-0.4, -0.2) is 32.6 Å². The second-order valence-corrected chi connectivity index (χ2v) is 6.24. The SMILES string of the molecule is COc1cc(NC(=O)CNC(=O)Cc2cccc3ccccc23)cc(OC)c1. The smallest absolute Gasteiger partial charge is 0.243 e. The Bertz CT molecular complexity index is 973. The van der Waals surface area contributed by atoms with E-state index in [1.807, 2.05) is 42.5 Å². The van der Waals surface area contributed by atoms with Gasteiger partial charge in [-0.25, -0.2) is 0 Å². The lowest BCUT2D eigenvalue weighted by Gasteiger charge is -2.11. The number of hydrogen-bond donors (Lipinski definition) is 2. The Hall–Kier alpha value is -3.54. The molecule has 0 unspecified atom stereocenters. The molecule has 0 aliphatic rings. The fourth-order valence-corrected chi connectivity index (χ4v) is 2.95. The van der Waals surface area contributed by atoms with Crippen LogP contribution in [0.2, 0.25) is 0 Å². The number of ether oxygens (including phenoxy) is 2. The van der Waals surface area contributed by atoms with E-state index < -0.39 is 0 Å². The zero-order chi connectivity index (χ0) is 19.9. The molecular weight excluding hydrogens is 356 g/mol. The highest BCUT2D eigenvalue weighted by Gasteiger charge is 2.10. The van der Waals surface area contributed by atoms with Crippen LogP contribution < -0.4 is 20.1 Å². The highest BCUT2D eigenvalue weighted by molar-refractivity contribution is 5.96. The van der Waals surface area contributed by atoms with Gasteiger partial charge in [-0.3, -0.25) is 9.59 Å². The maximum Gasteiger partial charge on any atom is 0.243 e. The lowest BCUT2D eigenvalue weighted by Crippen LogP contribution is -2.33. The van der Waals surface area contributed by atoms with Gasteiger partial charge in [0.15, 0.2) is 0 Å². The molecule has 0 aliphatic carbocycles. The minimum absolute atomic E-state index is 0.122. The van der Waals surface area contributed by atoms with Gasteiger partial charge >= 0.3 is 0 Å². The summed E-state index contributed by atoms with van der Waals surface area (Å²) in [4.78, 5) is 24.5. The average Bonchev–Trinajstić information content (AvgIpc) is 2.72. The normalized spacial score (nSPS) is 10.4. The molecule has 3 aromatic rings. The standard InChI is InChI=1S/C22H22N2O4/c1-27-18-11-17(12-19(13-18)28-2)24-22(26)14-23-21(25)10-16-8-5-7-15-6-3-4-9-20(15)16/h3-9,11-13H,10,14H2,1-2H3,(H,23,25)(H,24,26). The van der Waals surface area contributed by atoms with Gasteiger partial charge in [0.2, 0.25) is 11.8 Å². The van der Waals surface area contributed by atoms with Crippen molar-refractivity contribution < 1.29 is 19.1 Å². The number of rotatable bonds is 7. The Labute approximate surface area is 163 Å². The van der Waals surface area contributed by atoms with Crippen molar-refractivity contribution in [1.82, 2.24) is 5.32 Å². The average molecular weight is 378 g/mol. The number of carbonyl (C=O) groups is 2. The van der Waals surface area contributed by atoms with Crippen LogP contribution in [0.25, 0.3) is 10.8 Å². The summed E-state index contributed by atoms with van der Waals surface area (Å²) in [6.07, 6.45) is 0.210.